The molecule has 0 radical (unpaired) electrons. The van der Waals surface area contributed by atoms with Crippen LogP contribution in [0.1, 0.15) is 35.7 Å². The quantitative estimate of drug-likeness (QED) is 0.766. The van der Waals surface area contributed by atoms with Gasteiger partial charge in [-0.05, 0) is 43.0 Å². The lowest BCUT2D eigenvalue weighted by Gasteiger charge is -2.31. The van der Waals surface area contributed by atoms with E-state index in [0.717, 1.165) is 25.0 Å². The van der Waals surface area contributed by atoms with Gasteiger partial charge in [0.25, 0.3) is 0 Å². The SMILES string of the molecule is CS(=O)(=O)N1CCC(CNC(c2ccc(C(F)(F)F)cc2)c2cnccn2)CC1. The van der Waals surface area contributed by atoms with Crippen molar-refractivity contribution in [3.63, 3.8) is 0 Å². The van der Waals surface area contributed by atoms with Crippen LogP contribution in [-0.4, -0.2) is 48.6 Å². The fraction of sp³-hybridized carbons (Fsp3) is 0.474. The van der Waals surface area contributed by atoms with Crippen LogP contribution >= 0.6 is 0 Å². The van der Waals surface area contributed by atoms with Crippen molar-refractivity contribution in [3.05, 3.63) is 59.7 Å². The zero-order valence-corrected chi connectivity index (χ0v) is 16.7. The second-order valence-corrected chi connectivity index (χ2v) is 9.18. The number of piperidine rings is 1. The molecule has 1 aliphatic rings. The minimum Gasteiger partial charge on any atom is -0.305 e. The molecule has 1 atom stereocenters. The summed E-state index contributed by atoms with van der Waals surface area (Å²) in [6, 6.07) is 4.61. The number of sulfonamides is 1. The standard InChI is InChI=1S/C19H23F3N4O2S/c1-29(27,28)26-10-6-14(7-11-26)12-25-18(17-13-23-8-9-24-17)15-2-4-16(5-3-15)19(20,21)22/h2-5,8-9,13-14,18,25H,6-7,10-12H2,1H3. The largest absolute Gasteiger partial charge is 0.416 e. The van der Waals surface area contributed by atoms with Crippen molar-refractivity contribution < 1.29 is 21.6 Å². The van der Waals surface area contributed by atoms with Gasteiger partial charge in [0.2, 0.25) is 10.0 Å². The molecule has 3 rings (SSSR count). The lowest BCUT2D eigenvalue weighted by molar-refractivity contribution is -0.137. The summed E-state index contributed by atoms with van der Waals surface area (Å²) in [6.07, 6.45) is 2.93. The third kappa shape index (κ3) is 5.74. The lowest BCUT2D eigenvalue weighted by atomic mass is 9.96. The predicted molar refractivity (Wildman–Crippen MR) is 102 cm³/mol. The van der Waals surface area contributed by atoms with Gasteiger partial charge in [0.05, 0.1) is 29.8 Å². The second-order valence-electron chi connectivity index (χ2n) is 7.20. The molecule has 1 aliphatic heterocycles. The monoisotopic (exact) mass is 428 g/mol. The van der Waals surface area contributed by atoms with Crippen LogP contribution in [0.5, 0.6) is 0 Å². The normalized spacial score (nSPS) is 17.9. The second kappa shape index (κ2) is 8.76. The Morgan fingerprint density at radius 1 is 1.17 bits per heavy atom. The zero-order valence-electron chi connectivity index (χ0n) is 15.9. The predicted octanol–water partition coefficient (Wildman–Crippen LogP) is 2.85. The molecule has 2 aromatic rings. The van der Waals surface area contributed by atoms with Gasteiger partial charge in [-0.2, -0.15) is 13.2 Å². The third-order valence-electron chi connectivity index (χ3n) is 5.10. The first-order valence-electron chi connectivity index (χ1n) is 9.26. The molecule has 6 nitrogen and oxygen atoms in total. The van der Waals surface area contributed by atoms with Gasteiger partial charge in [-0.1, -0.05) is 12.1 Å². The minimum absolute atomic E-state index is 0.265. The zero-order chi connectivity index (χ0) is 21.1. The summed E-state index contributed by atoms with van der Waals surface area (Å²) in [5.41, 5.74) is 0.570. The Balaban J connectivity index is 1.71. The van der Waals surface area contributed by atoms with Gasteiger partial charge in [0.15, 0.2) is 0 Å². The fourth-order valence-electron chi connectivity index (χ4n) is 3.45. The highest BCUT2D eigenvalue weighted by atomic mass is 32.2. The van der Waals surface area contributed by atoms with Crippen molar-refractivity contribution in [2.45, 2.75) is 25.1 Å². The Morgan fingerprint density at radius 2 is 1.83 bits per heavy atom. The third-order valence-corrected chi connectivity index (χ3v) is 6.41. The smallest absolute Gasteiger partial charge is 0.305 e. The maximum atomic E-state index is 12.9. The minimum atomic E-state index is -4.39. The molecule has 1 saturated heterocycles. The van der Waals surface area contributed by atoms with Crippen LogP contribution in [0.4, 0.5) is 13.2 Å². The molecule has 1 aromatic heterocycles. The van der Waals surface area contributed by atoms with Gasteiger partial charge in [0, 0.05) is 25.5 Å². The summed E-state index contributed by atoms with van der Waals surface area (Å²) in [7, 11) is -3.18. The van der Waals surface area contributed by atoms with Crippen LogP contribution in [0.15, 0.2) is 42.9 Å². The van der Waals surface area contributed by atoms with E-state index in [9.17, 15) is 21.6 Å². The van der Waals surface area contributed by atoms with E-state index >= 15 is 0 Å². The summed E-state index contributed by atoms with van der Waals surface area (Å²) < 4.78 is 63.4. The molecular formula is C19H23F3N4O2S. The lowest BCUT2D eigenvalue weighted by Crippen LogP contribution is -2.40. The maximum absolute atomic E-state index is 12.9. The average Bonchev–Trinajstić information content (AvgIpc) is 2.68. The van der Waals surface area contributed by atoms with E-state index < -0.39 is 27.8 Å². The average molecular weight is 428 g/mol. The van der Waals surface area contributed by atoms with E-state index in [2.05, 4.69) is 15.3 Å². The maximum Gasteiger partial charge on any atom is 0.416 e. The van der Waals surface area contributed by atoms with Gasteiger partial charge < -0.3 is 5.32 Å². The summed E-state index contributed by atoms with van der Waals surface area (Å²) in [4.78, 5) is 8.36. The first-order valence-corrected chi connectivity index (χ1v) is 11.1. The van der Waals surface area contributed by atoms with Crippen molar-refractivity contribution in [2.75, 3.05) is 25.9 Å². The number of rotatable bonds is 6. The first-order chi connectivity index (χ1) is 13.6. The van der Waals surface area contributed by atoms with Crippen molar-refractivity contribution in [3.8, 4) is 0 Å². The van der Waals surface area contributed by atoms with E-state index in [4.69, 9.17) is 0 Å². The molecule has 0 bridgehead atoms. The molecule has 158 valence electrons. The van der Waals surface area contributed by atoms with Gasteiger partial charge in [-0.15, -0.1) is 0 Å². The molecule has 1 unspecified atom stereocenters. The molecule has 0 saturated carbocycles. The molecule has 29 heavy (non-hydrogen) atoms. The highest BCUT2D eigenvalue weighted by Crippen LogP contribution is 2.31. The van der Waals surface area contributed by atoms with Crippen LogP contribution in [0.25, 0.3) is 0 Å². The molecule has 0 aliphatic carbocycles. The van der Waals surface area contributed by atoms with Crippen LogP contribution in [0.3, 0.4) is 0 Å². The number of aromatic nitrogens is 2. The Bertz CT molecular complexity index is 897. The molecule has 0 spiro atoms. The molecule has 10 heteroatoms. The summed E-state index contributed by atoms with van der Waals surface area (Å²) >= 11 is 0. The van der Waals surface area contributed by atoms with Crippen molar-refractivity contribution in [1.29, 1.82) is 0 Å². The Kier molecular flexibility index (Phi) is 6.55. The Labute approximate surface area is 168 Å². The fourth-order valence-corrected chi connectivity index (χ4v) is 4.32. The highest BCUT2D eigenvalue weighted by Gasteiger charge is 2.31. The van der Waals surface area contributed by atoms with Crippen LogP contribution in [0.2, 0.25) is 0 Å². The topological polar surface area (TPSA) is 75.2 Å². The van der Waals surface area contributed by atoms with E-state index in [1.54, 1.807) is 12.4 Å². The van der Waals surface area contributed by atoms with E-state index in [1.165, 1.54) is 28.9 Å². The molecular weight excluding hydrogens is 405 g/mol. The van der Waals surface area contributed by atoms with Gasteiger partial charge in [0.1, 0.15) is 0 Å². The number of nitrogens with zero attached hydrogens (tertiary/aromatic N) is 3. The number of benzene rings is 1. The van der Waals surface area contributed by atoms with Crippen LogP contribution < -0.4 is 5.32 Å². The van der Waals surface area contributed by atoms with Crippen LogP contribution in [0, 0.1) is 5.92 Å². The number of halogens is 3. The van der Waals surface area contributed by atoms with E-state index in [-0.39, 0.29) is 5.92 Å². The summed E-state index contributed by atoms with van der Waals surface area (Å²) in [5, 5.41) is 3.38. The molecule has 1 aromatic carbocycles. The van der Waals surface area contributed by atoms with Crippen molar-refractivity contribution >= 4 is 10.0 Å². The van der Waals surface area contributed by atoms with E-state index in [1.807, 2.05) is 0 Å². The van der Waals surface area contributed by atoms with Gasteiger partial charge >= 0.3 is 6.18 Å². The molecule has 1 N–H and O–H groups in total. The molecule has 0 amide bonds. The Morgan fingerprint density at radius 3 is 2.34 bits per heavy atom. The highest BCUT2D eigenvalue weighted by molar-refractivity contribution is 7.88. The summed E-state index contributed by atoms with van der Waals surface area (Å²) in [5.74, 6) is 0.265. The number of alkyl halides is 3. The number of hydrogen-bond donors (Lipinski definition) is 1. The summed E-state index contributed by atoms with van der Waals surface area (Å²) in [6.45, 7) is 1.54. The van der Waals surface area contributed by atoms with Gasteiger partial charge in [-0.3, -0.25) is 9.97 Å². The van der Waals surface area contributed by atoms with Gasteiger partial charge in [-0.25, -0.2) is 12.7 Å². The van der Waals surface area contributed by atoms with Crippen LogP contribution in [-0.2, 0) is 16.2 Å². The Hall–Kier alpha value is -2.04. The van der Waals surface area contributed by atoms with E-state index in [0.29, 0.717) is 30.9 Å². The van der Waals surface area contributed by atoms with Crippen molar-refractivity contribution in [2.24, 2.45) is 5.92 Å². The molecule has 2 heterocycles. The first kappa shape index (κ1) is 21.7. The number of hydrogen-bond acceptors (Lipinski definition) is 5. The molecule has 1 fully saturated rings. The van der Waals surface area contributed by atoms with Crippen molar-refractivity contribution in [1.82, 2.24) is 19.6 Å². The number of nitrogens with one attached hydrogen (secondary N) is 1.